The van der Waals surface area contributed by atoms with Crippen LogP contribution in [0.2, 0.25) is 0 Å². The van der Waals surface area contributed by atoms with E-state index in [9.17, 15) is 0 Å². The fourth-order valence-corrected chi connectivity index (χ4v) is 2.93. The van der Waals surface area contributed by atoms with Gasteiger partial charge in [-0.05, 0) is 12.8 Å². The molecule has 0 aliphatic heterocycles. The van der Waals surface area contributed by atoms with E-state index in [-0.39, 0.29) is 0 Å². The number of alkyl halides is 2. The van der Waals surface area contributed by atoms with Gasteiger partial charge in [0.25, 0.3) is 0 Å². The Morgan fingerprint density at radius 2 is 1.50 bits per heavy atom. The zero-order chi connectivity index (χ0) is 10.2. The Labute approximate surface area is 97.7 Å². The maximum Gasteiger partial charge on any atom is 0.0909 e. The van der Waals surface area contributed by atoms with Crippen LogP contribution in [-0.2, 0) is 0 Å². The minimum absolute atomic E-state index is 0.763. The van der Waals surface area contributed by atoms with Crippen LogP contribution >= 0.6 is 23.2 Å². The molecule has 0 atom stereocenters. The molecule has 0 amide bonds. The molecular formula is C11H22Cl2N+. The minimum atomic E-state index is 0.763. The topological polar surface area (TPSA) is 4.44 Å². The maximum absolute atomic E-state index is 5.79. The molecular weight excluding hydrogens is 217 g/mol. The Balaban J connectivity index is 2.21. The Kier molecular flexibility index (Phi) is 7.01. The predicted octanol–water partition coefficient (Wildman–Crippen LogP) is 1.93. The Bertz CT molecular complexity index is 129. The van der Waals surface area contributed by atoms with E-state index in [0.29, 0.717) is 0 Å². The first-order valence-electron chi connectivity index (χ1n) is 5.82. The van der Waals surface area contributed by atoms with Gasteiger partial charge in [-0.1, -0.05) is 19.3 Å². The molecule has 14 heavy (non-hydrogen) atoms. The third kappa shape index (κ3) is 4.86. The summed E-state index contributed by atoms with van der Waals surface area (Å²) in [4.78, 5) is 1.60. The molecule has 0 saturated heterocycles. The fourth-order valence-electron chi connectivity index (χ4n) is 2.40. The van der Waals surface area contributed by atoms with Crippen molar-refractivity contribution in [3.8, 4) is 0 Å². The van der Waals surface area contributed by atoms with E-state index in [2.05, 4.69) is 0 Å². The van der Waals surface area contributed by atoms with Crippen molar-refractivity contribution in [2.45, 2.75) is 32.1 Å². The molecule has 0 bridgehead atoms. The molecule has 1 N–H and O–H groups in total. The molecule has 1 saturated carbocycles. The van der Waals surface area contributed by atoms with Crippen molar-refractivity contribution < 1.29 is 4.90 Å². The smallest absolute Gasteiger partial charge is 0.0909 e. The minimum Gasteiger partial charge on any atom is -0.333 e. The first-order chi connectivity index (χ1) is 6.86. The fraction of sp³-hybridized carbons (Fsp3) is 1.00. The number of hydrogen-bond acceptors (Lipinski definition) is 0. The van der Waals surface area contributed by atoms with Gasteiger partial charge in [-0.25, -0.2) is 0 Å². The molecule has 0 aromatic heterocycles. The van der Waals surface area contributed by atoms with Crippen LogP contribution in [0.5, 0.6) is 0 Å². The van der Waals surface area contributed by atoms with Crippen molar-refractivity contribution in [3.63, 3.8) is 0 Å². The van der Waals surface area contributed by atoms with E-state index in [1.54, 1.807) is 4.90 Å². The van der Waals surface area contributed by atoms with Crippen LogP contribution < -0.4 is 4.90 Å². The van der Waals surface area contributed by atoms with E-state index in [4.69, 9.17) is 23.2 Å². The predicted molar refractivity (Wildman–Crippen MR) is 63.6 cm³/mol. The lowest BCUT2D eigenvalue weighted by molar-refractivity contribution is -0.898. The van der Waals surface area contributed by atoms with Crippen LogP contribution in [0.4, 0.5) is 0 Å². The van der Waals surface area contributed by atoms with Crippen LogP contribution in [0.15, 0.2) is 0 Å². The number of nitrogens with one attached hydrogen (secondary N) is 1. The summed E-state index contributed by atoms with van der Waals surface area (Å²) >= 11 is 11.6. The zero-order valence-electron chi connectivity index (χ0n) is 8.90. The number of hydrogen-bond donors (Lipinski definition) is 1. The lowest BCUT2D eigenvalue weighted by Gasteiger charge is -2.26. The zero-order valence-corrected chi connectivity index (χ0v) is 10.4. The molecule has 0 aromatic carbocycles. The summed E-state index contributed by atoms with van der Waals surface area (Å²) in [5.41, 5.74) is 0. The second-order valence-electron chi connectivity index (χ2n) is 4.34. The summed E-state index contributed by atoms with van der Waals surface area (Å²) < 4.78 is 0. The second-order valence-corrected chi connectivity index (χ2v) is 5.09. The maximum atomic E-state index is 5.79. The van der Waals surface area contributed by atoms with Gasteiger partial charge in [-0.2, -0.15) is 0 Å². The van der Waals surface area contributed by atoms with Crippen LogP contribution in [0.1, 0.15) is 32.1 Å². The average Bonchev–Trinajstić information content (AvgIpc) is 2.20. The standard InChI is InChI=1S/C11H21Cl2N/c12-6-8-14(9-7-13)10-11-4-2-1-3-5-11/h11H,1-10H2/p+1. The van der Waals surface area contributed by atoms with Crippen molar-refractivity contribution in [1.29, 1.82) is 0 Å². The van der Waals surface area contributed by atoms with Crippen molar-refractivity contribution in [2.75, 3.05) is 31.4 Å². The molecule has 1 aliphatic rings. The highest BCUT2D eigenvalue weighted by molar-refractivity contribution is 6.18. The number of quaternary nitrogens is 1. The molecule has 1 aliphatic carbocycles. The summed E-state index contributed by atoms with van der Waals surface area (Å²) in [6.07, 6.45) is 7.15. The quantitative estimate of drug-likeness (QED) is 0.675. The van der Waals surface area contributed by atoms with Crippen molar-refractivity contribution in [3.05, 3.63) is 0 Å². The molecule has 0 radical (unpaired) electrons. The molecule has 1 nitrogen and oxygen atoms in total. The van der Waals surface area contributed by atoms with Crippen LogP contribution in [0.3, 0.4) is 0 Å². The van der Waals surface area contributed by atoms with Gasteiger partial charge >= 0.3 is 0 Å². The van der Waals surface area contributed by atoms with Crippen LogP contribution in [-0.4, -0.2) is 31.4 Å². The first kappa shape index (κ1) is 12.6. The van der Waals surface area contributed by atoms with Crippen molar-refractivity contribution >= 4 is 23.2 Å². The van der Waals surface area contributed by atoms with E-state index in [1.807, 2.05) is 0 Å². The third-order valence-corrected chi connectivity index (χ3v) is 3.58. The van der Waals surface area contributed by atoms with E-state index in [0.717, 1.165) is 30.8 Å². The first-order valence-corrected chi connectivity index (χ1v) is 6.89. The molecule has 1 rings (SSSR count). The highest BCUT2D eigenvalue weighted by Crippen LogP contribution is 2.21. The van der Waals surface area contributed by atoms with Crippen molar-refractivity contribution in [1.82, 2.24) is 0 Å². The molecule has 1 fully saturated rings. The van der Waals surface area contributed by atoms with Gasteiger partial charge in [-0.3, -0.25) is 0 Å². The van der Waals surface area contributed by atoms with Crippen molar-refractivity contribution in [2.24, 2.45) is 5.92 Å². The van der Waals surface area contributed by atoms with E-state index in [1.165, 1.54) is 38.6 Å². The van der Waals surface area contributed by atoms with Crippen LogP contribution in [0.25, 0.3) is 0 Å². The summed E-state index contributed by atoms with van der Waals surface area (Å²) in [5.74, 6) is 2.46. The largest absolute Gasteiger partial charge is 0.333 e. The Morgan fingerprint density at radius 3 is 2.00 bits per heavy atom. The average molecular weight is 239 g/mol. The summed E-state index contributed by atoms with van der Waals surface area (Å²) in [6.45, 7) is 3.44. The van der Waals surface area contributed by atoms with Gasteiger partial charge in [0, 0.05) is 5.92 Å². The van der Waals surface area contributed by atoms with Gasteiger partial charge in [0.2, 0.25) is 0 Å². The van der Waals surface area contributed by atoms with Crippen LogP contribution in [0, 0.1) is 5.92 Å². The monoisotopic (exact) mass is 238 g/mol. The van der Waals surface area contributed by atoms with E-state index >= 15 is 0 Å². The molecule has 0 unspecified atom stereocenters. The molecule has 3 heteroatoms. The molecule has 0 spiro atoms. The lowest BCUT2D eigenvalue weighted by atomic mass is 9.89. The lowest BCUT2D eigenvalue weighted by Crippen LogP contribution is -3.13. The van der Waals surface area contributed by atoms with E-state index < -0.39 is 0 Å². The number of halogens is 2. The number of rotatable bonds is 6. The van der Waals surface area contributed by atoms with Gasteiger partial charge in [-0.15, -0.1) is 23.2 Å². The highest BCUT2D eigenvalue weighted by atomic mass is 35.5. The molecule has 0 heterocycles. The Hall–Kier alpha value is 0.540. The molecule has 84 valence electrons. The summed E-state index contributed by atoms with van der Waals surface area (Å²) in [7, 11) is 0. The summed E-state index contributed by atoms with van der Waals surface area (Å²) in [5, 5.41) is 0. The van der Waals surface area contributed by atoms with Gasteiger partial charge < -0.3 is 4.90 Å². The Morgan fingerprint density at radius 1 is 0.929 bits per heavy atom. The SMILES string of the molecule is ClCC[NH+](CCCl)CC1CCCCC1. The summed E-state index contributed by atoms with van der Waals surface area (Å²) in [6, 6.07) is 0. The normalized spacial score (nSPS) is 19.1. The molecule has 0 aromatic rings. The van der Waals surface area contributed by atoms with Gasteiger partial charge in [0.15, 0.2) is 0 Å². The third-order valence-electron chi connectivity index (χ3n) is 3.20. The second kappa shape index (κ2) is 7.78. The van der Waals surface area contributed by atoms with Gasteiger partial charge in [0.05, 0.1) is 31.4 Å². The highest BCUT2D eigenvalue weighted by Gasteiger charge is 2.18. The van der Waals surface area contributed by atoms with Gasteiger partial charge in [0.1, 0.15) is 0 Å².